The normalized spacial score (nSPS) is 12.0. The first-order valence-corrected chi connectivity index (χ1v) is 7.95. The number of hydrogen-bond acceptors (Lipinski definition) is 4. The molecule has 0 saturated carbocycles. The van der Waals surface area contributed by atoms with Gasteiger partial charge in [0.05, 0.1) is 23.9 Å². The molecular weight excluding hydrogens is 308 g/mol. The van der Waals surface area contributed by atoms with Crippen molar-refractivity contribution in [3.05, 3.63) is 35.5 Å². The molecule has 0 bridgehead atoms. The number of fused-ring (bicyclic) bond motifs is 1. The Hall–Kier alpha value is -2.63. The van der Waals surface area contributed by atoms with Crippen molar-refractivity contribution < 1.29 is 19.4 Å². The maximum atomic E-state index is 12.5. The van der Waals surface area contributed by atoms with Crippen LogP contribution in [0.1, 0.15) is 42.2 Å². The first-order chi connectivity index (χ1) is 11.5. The molecule has 1 aromatic heterocycles. The predicted octanol–water partition coefficient (Wildman–Crippen LogP) is 2.93. The largest absolute Gasteiger partial charge is 0.497 e. The van der Waals surface area contributed by atoms with Crippen LogP contribution in [0.2, 0.25) is 0 Å². The maximum absolute atomic E-state index is 12.5. The van der Waals surface area contributed by atoms with Gasteiger partial charge >= 0.3 is 5.97 Å². The third kappa shape index (κ3) is 4.01. The van der Waals surface area contributed by atoms with Crippen molar-refractivity contribution in [2.75, 3.05) is 7.11 Å². The number of amides is 1. The molecule has 1 unspecified atom stereocenters. The van der Waals surface area contributed by atoms with Gasteiger partial charge in [0.2, 0.25) is 0 Å². The van der Waals surface area contributed by atoms with Crippen molar-refractivity contribution in [1.82, 2.24) is 10.3 Å². The van der Waals surface area contributed by atoms with Crippen LogP contribution < -0.4 is 10.1 Å². The molecule has 0 radical (unpaired) electrons. The molecule has 0 aliphatic carbocycles. The minimum atomic E-state index is -1.02. The second-order valence-electron chi connectivity index (χ2n) is 5.69. The maximum Gasteiger partial charge on any atom is 0.326 e. The number of rotatable bonds is 7. The van der Waals surface area contributed by atoms with E-state index >= 15 is 0 Å². The summed E-state index contributed by atoms with van der Waals surface area (Å²) in [6.45, 7) is 3.71. The summed E-state index contributed by atoms with van der Waals surface area (Å²) < 4.78 is 5.17. The molecule has 0 aliphatic heterocycles. The summed E-state index contributed by atoms with van der Waals surface area (Å²) in [4.78, 5) is 28.2. The lowest BCUT2D eigenvalue weighted by molar-refractivity contribution is -0.139. The summed E-state index contributed by atoms with van der Waals surface area (Å²) in [6, 6.07) is 6.26. The van der Waals surface area contributed by atoms with Crippen LogP contribution in [0.15, 0.2) is 24.3 Å². The van der Waals surface area contributed by atoms with Crippen molar-refractivity contribution in [1.29, 1.82) is 0 Å². The molecule has 0 spiro atoms. The van der Waals surface area contributed by atoms with Crippen molar-refractivity contribution in [3.63, 3.8) is 0 Å². The number of aliphatic carboxylic acids is 1. The number of nitrogens with zero attached hydrogens (tertiary/aromatic N) is 1. The van der Waals surface area contributed by atoms with Crippen molar-refractivity contribution >= 4 is 22.8 Å². The second-order valence-corrected chi connectivity index (χ2v) is 5.69. The van der Waals surface area contributed by atoms with E-state index < -0.39 is 17.9 Å². The molecule has 1 aromatic carbocycles. The number of ether oxygens (including phenoxy) is 1. The van der Waals surface area contributed by atoms with Gasteiger partial charge in [-0.25, -0.2) is 4.79 Å². The van der Waals surface area contributed by atoms with E-state index in [1.54, 1.807) is 32.2 Å². The Morgan fingerprint density at radius 2 is 2.08 bits per heavy atom. The Balaban J connectivity index is 2.28. The predicted molar refractivity (Wildman–Crippen MR) is 91.4 cm³/mol. The topological polar surface area (TPSA) is 88.5 Å². The number of carbonyl (C=O) groups excluding carboxylic acids is 1. The van der Waals surface area contributed by atoms with Gasteiger partial charge in [0, 0.05) is 11.5 Å². The Morgan fingerprint density at radius 1 is 1.33 bits per heavy atom. The summed E-state index contributed by atoms with van der Waals surface area (Å²) in [7, 11) is 1.58. The van der Waals surface area contributed by atoms with Crippen LogP contribution in [0.25, 0.3) is 10.9 Å². The van der Waals surface area contributed by atoms with Crippen LogP contribution in [-0.2, 0) is 4.79 Å². The number of carbonyl (C=O) groups is 2. The molecule has 0 fully saturated rings. The summed E-state index contributed by atoms with van der Waals surface area (Å²) in [6.07, 6.45) is 2.03. The van der Waals surface area contributed by atoms with Gasteiger partial charge in [-0.2, -0.15) is 0 Å². The Morgan fingerprint density at radius 3 is 2.71 bits per heavy atom. The minimum absolute atomic E-state index is 0.385. The standard InChI is InChI=1S/C18H22N2O4/c1-4-5-6-15(18(22)23)20-17(21)14-9-12-7-8-13(24-3)10-16(12)19-11(14)2/h7-10,15H,4-6H2,1-3H3,(H,20,21)(H,22,23). The molecule has 0 aliphatic rings. The van der Waals surface area contributed by atoms with E-state index in [1.165, 1.54) is 0 Å². The fraction of sp³-hybridized carbons (Fsp3) is 0.389. The van der Waals surface area contributed by atoms with Crippen LogP contribution in [0.4, 0.5) is 0 Å². The van der Waals surface area contributed by atoms with E-state index in [9.17, 15) is 14.7 Å². The van der Waals surface area contributed by atoms with Gasteiger partial charge in [0.25, 0.3) is 5.91 Å². The lowest BCUT2D eigenvalue weighted by Crippen LogP contribution is -2.41. The van der Waals surface area contributed by atoms with Crippen LogP contribution >= 0.6 is 0 Å². The van der Waals surface area contributed by atoms with Gasteiger partial charge in [-0.3, -0.25) is 9.78 Å². The van der Waals surface area contributed by atoms with Gasteiger partial charge in [-0.05, 0) is 31.5 Å². The average Bonchev–Trinajstić information content (AvgIpc) is 2.56. The number of methoxy groups -OCH3 is 1. The average molecular weight is 330 g/mol. The van der Waals surface area contributed by atoms with E-state index in [0.717, 1.165) is 23.7 Å². The Bertz CT molecular complexity index is 758. The van der Waals surface area contributed by atoms with Crippen LogP contribution in [-0.4, -0.2) is 35.1 Å². The number of hydrogen-bond donors (Lipinski definition) is 2. The Kier molecular flexibility index (Phi) is 5.73. The number of aromatic nitrogens is 1. The zero-order valence-electron chi connectivity index (χ0n) is 14.1. The molecule has 1 amide bonds. The highest BCUT2D eigenvalue weighted by Crippen LogP contribution is 2.21. The molecule has 24 heavy (non-hydrogen) atoms. The highest BCUT2D eigenvalue weighted by molar-refractivity contribution is 6.00. The van der Waals surface area contributed by atoms with E-state index in [1.807, 2.05) is 13.0 Å². The zero-order chi connectivity index (χ0) is 17.7. The van der Waals surface area contributed by atoms with Crippen molar-refractivity contribution in [3.8, 4) is 5.75 Å². The molecule has 2 rings (SSSR count). The number of unbranched alkanes of at least 4 members (excludes halogenated alkanes) is 1. The third-order valence-corrected chi connectivity index (χ3v) is 3.91. The highest BCUT2D eigenvalue weighted by atomic mass is 16.5. The highest BCUT2D eigenvalue weighted by Gasteiger charge is 2.21. The number of pyridine rings is 1. The number of nitrogens with one attached hydrogen (secondary N) is 1. The first kappa shape index (κ1) is 17.7. The summed E-state index contributed by atoms with van der Waals surface area (Å²) in [5.74, 6) is -0.744. The fourth-order valence-electron chi connectivity index (χ4n) is 2.50. The number of carboxylic acid groups (broad SMARTS) is 1. The smallest absolute Gasteiger partial charge is 0.326 e. The van der Waals surface area contributed by atoms with Crippen LogP contribution in [0.5, 0.6) is 5.75 Å². The van der Waals surface area contributed by atoms with E-state index in [-0.39, 0.29) is 0 Å². The first-order valence-electron chi connectivity index (χ1n) is 7.95. The molecule has 0 saturated heterocycles. The number of benzene rings is 1. The molecule has 1 heterocycles. The summed E-state index contributed by atoms with van der Waals surface area (Å²) >= 11 is 0. The van der Waals surface area contributed by atoms with Gasteiger partial charge in [-0.15, -0.1) is 0 Å². The molecule has 2 aromatic rings. The van der Waals surface area contributed by atoms with Crippen molar-refractivity contribution in [2.24, 2.45) is 0 Å². The van der Waals surface area contributed by atoms with E-state index in [2.05, 4.69) is 10.3 Å². The molecule has 128 valence electrons. The number of carboxylic acids is 1. The zero-order valence-corrected chi connectivity index (χ0v) is 14.1. The van der Waals surface area contributed by atoms with Gasteiger partial charge < -0.3 is 15.2 Å². The number of aryl methyl sites for hydroxylation is 1. The van der Waals surface area contributed by atoms with Gasteiger partial charge in [0.15, 0.2) is 0 Å². The van der Waals surface area contributed by atoms with Crippen LogP contribution in [0, 0.1) is 6.92 Å². The van der Waals surface area contributed by atoms with E-state index in [0.29, 0.717) is 23.4 Å². The minimum Gasteiger partial charge on any atom is -0.497 e. The summed E-state index contributed by atoms with van der Waals surface area (Å²) in [5, 5.41) is 12.6. The molecular formula is C18H22N2O4. The van der Waals surface area contributed by atoms with Gasteiger partial charge in [0.1, 0.15) is 11.8 Å². The van der Waals surface area contributed by atoms with Crippen molar-refractivity contribution in [2.45, 2.75) is 39.2 Å². The van der Waals surface area contributed by atoms with E-state index in [4.69, 9.17) is 4.74 Å². The second kappa shape index (κ2) is 7.77. The molecule has 1 atom stereocenters. The molecule has 6 heteroatoms. The summed E-state index contributed by atoms with van der Waals surface area (Å²) in [5.41, 5.74) is 1.66. The lowest BCUT2D eigenvalue weighted by atomic mass is 10.1. The third-order valence-electron chi connectivity index (χ3n) is 3.91. The Labute approximate surface area is 140 Å². The molecule has 2 N–H and O–H groups in total. The lowest BCUT2D eigenvalue weighted by Gasteiger charge is -2.15. The van der Waals surface area contributed by atoms with Gasteiger partial charge in [-0.1, -0.05) is 19.8 Å². The van der Waals surface area contributed by atoms with Crippen LogP contribution in [0.3, 0.4) is 0 Å². The SMILES string of the molecule is CCCCC(NC(=O)c1cc2ccc(OC)cc2nc1C)C(=O)O. The quantitative estimate of drug-likeness (QED) is 0.815. The monoisotopic (exact) mass is 330 g/mol. The molecule has 6 nitrogen and oxygen atoms in total. The fourth-order valence-corrected chi connectivity index (χ4v) is 2.50.